The molecule has 0 saturated carbocycles. The van der Waals surface area contributed by atoms with Crippen molar-refractivity contribution in [1.82, 2.24) is 10.2 Å². The average molecular weight is 242 g/mol. The van der Waals surface area contributed by atoms with E-state index in [0.29, 0.717) is 13.1 Å². The summed E-state index contributed by atoms with van der Waals surface area (Å²) in [6.07, 6.45) is 2.35. The summed E-state index contributed by atoms with van der Waals surface area (Å²) < 4.78 is 5.63. The maximum absolute atomic E-state index is 11.8. The molecule has 2 fully saturated rings. The summed E-state index contributed by atoms with van der Waals surface area (Å²) in [6.45, 7) is 2.97. The summed E-state index contributed by atoms with van der Waals surface area (Å²) in [7, 11) is 0. The lowest BCUT2D eigenvalue weighted by molar-refractivity contribution is -0.140. The molecule has 2 bridgehead atoms. The Hall–Kier alpha value is -1.30. The predicted octanol–water partition coefficient (Wildman–Crippen LogP) is 0.280. The van der Waals surface area contributed by atoms with E-state index in [1.165, 1.54) is 0 Å². The number of hydrogen-bond acceptors (Lipinski definition) is 3. The highest BCUT2D eigenvalue weighted by Crippen LogP contribution is 2.26. The monoisotopic (exact) mass is 242 g/mol. The van der Waals surface area contributed by atoms with Crippen LogP contribution in [-0.2, 0) is 9.53 Å². The first-order valence-corrected chi connectivity index (χ1v) is 5.97. The van der Waals surface area contributed by atoms with Crippen molar-refractivity contribution in [3.63, 3.8) is 0 Å². The molecular weight excluding hydrogens is 224 g/mol. The fourth-order valence-electron chi connectivity index (χ4n) is 2.22. The number of urea groups is 1. The first-order valence-electron chi connectivity index (χ1n) is 5.97. The molecule has 2 aliphatic heterocycles. The molecule has 2 N–H and O–H groups in total. The Morgan fingerprint density at radius 2 is 2.00 bits per heavy atom. The molecule has 6 heteroatoms. The van der Waals surface area contributed by atoms with Gasteiger partial charge in [-0.15, -0.1) is 0 Å². The number of rotatable bonds is 3. The highest BCUT2D eigenvalue weighted by molar-refractivity contribution is 5.76. The van der Waals surface area contributed by atoms with Crippen LogP contribution in [0.5, 0.6) is 0 Å². The van der Waals surface area contributed by atoms with Gasteiger partial charge in [0.2, 0.25) is 0 Å². The molecule has 3 atom stereocenters. The molecule has 0 aromatic rings. The predicted molar refractivity (Wildman–Crippen MR) is 59.7 cm³/mol. The fourth-order valence-corrected chi connectivity index (χ4v) is 2.22. The number of morpholine rings is 1. The number of amides is 2. The van der Waals surface area contributed by atoms with Gasteiger partial charge in [0.05, 0.1) is 18.1 Å². The van der Waals surface area contributed by atoms with E-state index in [9.17, 15) is 9.59 Å². The molecule has 2 saturated heterocycles. The van der Waals surface area contributed by atoms with E-state index in [0.717, 1.165) is 12.8 Å². The molecular formula is C11H18N2O4. The summed E-state index contributed by atoms with van der Waals surface area (Å²) in [5, 5.41) is 11.4. The lowest BCUT2D eigenvalue weighted by Crippen LogP contribution is -2.50. The van der Waals surface area contributed by atoms with Gasteiger partial charge in [-0.2, -0.15) is 0 Å². The van der Waals surface area contributed by atoms with Crippen LogP contribution in [0.2, 0.25) is 0 Å². The van der Waals surface area contributed by atoms with Gasteiger partial charge in [0.25, 0.3) is 0 Å². The van der Waals surface area contributed by atoms with E-state index >= 15 is 0 Å². The van der Waals surface area contributed by atoms with Crippen LogP contribution < -0.4 is 5.32 Å². The van der Waals surface area contributed by atoms with Crippen molar-refractivity contribution in [1.29, 1.82) is 0 Å². The highest BCUT2D eigenvalue weighted by Gasteiger charge is 2.35. The van der Waals surface area contributed by atoms with Gasteiger partial charge >= 0.3 is 12.0 Å². The topological polar surface area (TPSA) is 78.9 Å². The Labute approximate surface area is 99.9 Å². The van der Waals surface area contributed by atoms with Gasteiger partial charge in [-0.25, -0.2) is 4.79 Å². The molecule has 0 aromatic carbocycles. The van der Waals surface area contributed by atoms with Crippen molar-refractivity contribution in [2.45, 2.75) is 32.0 Å². The lowest BCUT2D eigenvalue weighted by Gasteiger charge is -2.32. The van der Waals surface area contributed by atoms with Crippen LogP contribution in [0.3, 0.4) is 0 Å². The second kappa shape index (κ2) is 4.91. The largest absolute Gasteiger partial charge is 0.481 e. The Kier molecular flexibility index (Phi) is 3.51. The molecule has 2 amide bonds. The summed E-state index contributed by atoms with van der Waals surface area (Å²) in [4.78, 5) is 24.2. The van der Waals surface area contributed by atoms with Crippen molar-refractivity contribution in [2.24, 2.45) is 5.92 Å². The summed E-state index contributed by atoms with van der Waals surface area (Å²) in [5.74, 6) is -1.45. The van der Waals surface area contributed by atoms with Crippen LogP contribution in [0.1, 0.15) is 19.8 Å². The van der Waals surface area contributed by atoms with Crippen LogP contribution >= 0.6 is 0 Å². The number of hydrogen-bond donors (Lipinski definition) is 2. The average Bonchev–Trinajstić information content (AvgIpc) is 2.64. The zero-order chi connectivity index (χ0) is 12.4. The number of carbonyl (C=O) groups excluding carboxylic acids is 1. The molecule has 96 valence electrons. The van der Waals surface area contributed by atoms with Crippen molar-refractivity contribution >= 4 is 12.0 Å². The minimum Gasteiger partial charge on any atom is -0.481 e. The number of ether oxygens (including phenoxy) is 1. The van der Waals surface area contributed by atoms with Gasteiger partial charge < -0.3 is 20.1 Å². The van der Waals surface area contributed by atoms with Crippen molar-refractivity contribution in [2.75, 3.05) is 19.6 Å². The molecule has 2 aliphatic rings. The Bertz CT molecular complexity index is 309. The summed E-state index contributed by atoms with van der Waals surface area (Å²) in [6, 6.07) is -0.182. The number of likely N-dealkylation sites (tertiary alicyclic amines) is 1. The quantitative estimate of drug-likeness (QED) is 0.745. The second-order valence-electron chi connectivity index (χ2n) is 4.79. The van der Waals surface area contributed by atoms with Crippen molar-refractivity contribution < 1.29 is 19.4 Å². The molecule has 0 spiro atoms. The molecule has 2 rings (SSSR count). The number of carboxylic acid groups (broad SMARTS) is 1. The highest BCUT2D eigenvalue weighted by atomic mass is 16.5. The molecule has 0 aliphatic carbocycles. The fraction of sp³-hybridized carbons (Fsp3) is 0.818. The van der Waals surface area contributed by atoms with Crippen LogP contribution in [0.15, 0.2) is 0 Å². The Morgan fingerprint density at radius 1 is 1.41 bits per heavy atom. The van der Waals surface area contributed by atoms with Gasteiger partial charge in [-0.05, 0) is 12.8 Å². The number of fused-ring (bicyclic) bond motifs is 2. The standard InChI is InChI=1S/C11H18N2O4/c1-7(10(14)15)4-12-11(16)13-5-8-2-3-9(6-13)17-8/h7-9H,2-6H2,1H3,(H,12,16)(H,14,15). The lowest BCUT2D eigenvalue weighted by atomic mass is 10.2. The zero-order valence-electron chi connectivity index (χ0n) is 9.89. The van der Waals surface area contributed by atoms with Crippen LogP contribution in [0.25, 0.3) is 0 Å². The molecule has 3 unspecified atom stereocenters. The van der Waals surface area contributed by atoms with Gasteiger partial charge in [0.15, 0.2) is 0 Å². The maximum atomic E-state index is 11.8. The number of nitrogens with one attached hydrogen (secondary N) is 1. The van der Waals surface area contributed by atoms with E-state index < -0.39 is 11.9 Å². The number of nitrogens with zero attached hydrogens (tertiary/aromatic N) is 1. The third-order valence-electron chi connectivity index (χ3n) is 3.31. The first kappa shape index (κ1) is 12.2. The molecule has 6 nitrogen and oxygen atoms in total. The van der Waals surface area contributed by atoms with Gasteiger partial charge in [-0.3, -0.25) is 4.79 Å². The smallest absolute Gasteiger partial charge is 0.317 e. The van der Waals surface area contributed by atoms with Crippen molar-refractivity contribution in [3.8, 4) is 0 Å². The van der Waals surface area contributed by atoms with E-state index in [4.69, 9.17) is 9.84 Å². The number of aliphatic carboxylic acids is 1. The van der Waals surface area contributed by atoms with Crippen LogP contribution in [0.4, 0.5) is 4.79 Å². The minimum absolute atomic E-state index is 0.163. The summed E-state index contributed by atoms with van der Waals surface area (Å²) in [5.41, 5.74) is 0. The third-order valence-corrected chi connectivity index (χ3v) is 3.31. The number of carbonyl (C=O) groups is 2. The molecule has 2 heterocycles. The Morgan fingerprint density at radius 3 is 2.53 bits per heavy atom. The zero-order valence-corrected chi connectivity index (χ0v) is 9.89. The first-order chi connectivity index (χ1) is 8.06. The van der Waals surface area contributed by atoms with Crippen LogP contribution in [-0.4, -0.2) is 53.8 Å². The van der Waals surface area contributed by atoms with E-state index in [-0.39, 0.29) is 24.8 Å². The Balaban J connectivity index is 1.78. The van der Waals surface area contributed by atoms with Crippen LogP contribution in [0, 0.1) is 5.92 Å². The van der Waals surface area contributed by atoms with E-state index in [1.807, 2.05) is 0 Å². The summed E-state index contributed by atoms with van der Waals surface area (Å²) >= 11 is 0. The SMILES string of the molecule is CC(CNC(=O)N1CC2CCC(C1)O2)C(=O)O. The van der Waals surface area contributed by atoms with Crippen molar-refractivity contribution in [3.05, 3.63) is 0 Å². The van der Waals surface area contributed by atoms with Gasteiger partial charge in [0.1, 0.15) is 0 Å². The third kappa shape index (κ3) is 2.88. The second-order valence-corrected chi connectivity index (χ2v) is 4.79. The molecule has 0 radical (unpaired) electrons. The molecule has 17 heavy (non-hydrogen) atoms. The van der Waals surface area contributed by atoms with E-state index in [1.54, 1.807) is 11.8 Å². The maximum Gasteiger partial charge on any atom is 0.317 e. The normalized spacial score (nSPS) is 28.9. The van der Waals surface area contributed by atoms with E-state index in [2.05, 4.69) is 5.32 Å². The molecule has 0 aromatic heterocycles. The van der Waals surface area contributed by atoms with Gasteiger partial charge in [-0.1, -0.05) is 6.92 Å². The van der Waals surface area contributed by atoms with Gasteiger partial charge in [0, 0.05) is 19.6 Å². The minimum atomic E-state index is -0.896. The number of carboxylic acids is 1.